The lowest BCUT2D eigenvalue weighted by atomic mass is 10.1. The Morgan fingerprint density at radius 2 is 1.96 bits per heavy atom. The predicted molar refractivity (Wildman–Crippen MR) is 104 cm³/mol. The highest BCUT2D eigenvalue weighted by Crippen LogP contribution is 2.20. The van der Waals surface area contributed by atoms with Crippen molar-refractivity contribution >= 4 is 40.3 Å². The molecule has 130 valence electrons. The Bertz CT molecular complexity index is 799. The molecule has 2 aromatic carbocycles. The number of nitrogens with zero attached hydrogens (tertiary/aromatic N) is 1. The van der Waals surface area contributed by atoms with Crippen molar-refractivity contribution in [2.75, 3.05) is 12.3 Å². The molecule has 6 heteroatoms. The molecule has 2 N–H and O–H groups in total. The van der Waals surface area contributed by atoms with Crippen molar-refractivity contribution in [2.24, 2.45) is 0 Å². The fraction of sp³-hybridized carbons (Fsp3) is 0.263. The number of thioether (sulfide) groups is 1. The average Bonchev–Trinajstić information content (AvgIpc) is 3.03. The number of fused-ring (bicyclic) bond motifs is 1. The molecule has 0 bridgehead atoms. The Balaban J connectivity index is 1.31. The number of H-pyrrole nitrogens is 1. The molecule has 0 fully saturated rings. The van der Waals surface area contributed by atoms with Crippen LogP contribution < -0.4 is 5.32 Å². The molecular formula is C19H20ClN3OS. The van der Waals surface area contributed by atoms with Crippen LogP contribution >= 0.6 is 23.4 Å². The van der Waals surface area contributed by atoms with E-state index in [0.29, 0.717) is 13.0 Å². The smallest absolute Gasteiger partial charge is 0.220 e. The summed E-state index contributed by atoms with van der Waals surface area (Å²) >= 11 is 7.51. The molecule has 25 heavy (non-hydrogen) atoms. The van der Waals surface area contributed by atoms with Gasteiger partial charge in [-0.15, -0.1) is 0 Å². The third-order valence-electron chi connectivity index (χ3n) is 3.80. The summed E-state index contributed by atoms with van der Waals surface area (Å²) in [5.74, 6) is 0.962. The zero-order valence-electron chi connectivity index (χ0n) is 13.8. The third kappa shape index (κ3) is 5.51. The van der Waals surface area contributed by atoms with Crippen molar-refractivity contribution in [3.05, 3.63) is 59.1 Å². The molecule has 0 spiro atoms. The summed E-state index contributed by atoms with van der Waals surface area (Å²) in [4.78, 5) is 19.7. The highest BCUT2D eigenvalue weighted by Gasteiger charge is 2.04. The Labute approximate surface area is 156 Å². The molecule has 0 unspecified atom stereocenters. The van der Waals surface area contributed by atoms with Gasteiger partial charge in [-0.05, 0) is 42.7 Å². The highest BCUT2D eigenvalue weighted by atomic mass is 35.5. The standard InChI is InChI=1S/C19H20ClN3OS/c20-15-9-7-14(8-10-15)11-12-21-18(24)6-3-13-25-19-22-16-4-1-2-5-17(16)23-19/h1-2,4-5,7-10H,3,6,11-13H2,(H,21,24)(H,22,23). The number of imidazole rings is 1. The Hall–Kier alpha value is -1.98. The van der Waals surface area contributed by atoms with Crippen LogP contribution in [-0.2, 0) is 11.2 Å². The maximum Gasteiger partial charge on any atom is 0.220 e. The van der Waals surface area contributed by atoms with Crippen molar-refractivity contribution in [2.45, 2.75) is 24.4 Å². The van der Waals surface area contributed by atoms with E-state index in [1.54, 1.807) is 11.8 Å². The van der Waals surface area contributed by atoms with E-state index in [9.17, 15) is 4.79 Å². The van der Waals surface area contributed by atoms with E-state index in [1.165, 1.54) is 5.56 Å². The van der Waals surface area contributed by atoms with Gasteiger partial charge in [0.05, 0.1) is 11.0 Å². The van der Waals surface area contributed by atoms with Crippen LogP contribution in [0.2, 0.25) is 5.02 Å². The highest BCUT2D eigenvalue weighted by molar-refractivity contribution is 7.99. The molecule has 0 saturated heterocycles. The number of carbonyl (C=O) groups is 1. The van der Waals surface area contributed by atoms with Gasteiger partial charge in [0.1, 0.15) is 0 Å². The van der Waals surface area contributed by atoms with Crippen LogP contribution in [0.4, 0.5) is 0 Å². The molecule has 0 aliphatic rings. The van der Waals surface area contributed by atoms with E-state index < -0.39 is 0 Å². The van der Waals surface area contributed by atoms with E-state index in [2.05, 4.69) is 15.3 Å². The number of carbonyl (C=O) groups excluding carboxylic acids is 1. The second-order valence-electron chi connectivity index (χ2n) is 5.74. The lowest BCUT2D eigenvalue weighted by molar-refractivity contribution is -0.121. The fourth-order valence-electron chi connectivity index (χ4n) is 2.49. The molecule has 1 heterocycles. The van der Waals surface area contributed by atoms with E-state index >= 15 is 0 Å². The van der Waals surface area contributed by atoms with Gasteiger partial charge in [0.15, 0.2) is 5.16 Å². The molecule has 0 aliphatic heterocycles. The second kappa shape index (κ2) is 8.92. The number of nitrogens with one attached hydrogen (secondary N) is 2. The zero-order valence-corrected chi connectivity index (χ0v) is 15.4. The maximum atomic E-state index is 11.9. The monoisotopic (exact) mass is 373 g/mol. The van der Waals surface area contributed by atoms with Gasteiger partial charge in [0, 0.05) is 23.7 Å². The number of aromatic amines is 1. The third-order valence-corrected chi connectivity index (χ3v) is 5.02. The molecule has 4 nitrogen and oxygen atoms in total. The Morgan fingerprint density at radius 1 is 1.16 bits per heavy atom. The summed E-state index contributed by atoms with van der Waals surface area (Å²) in [7, 11) is 0. The second-order valence-corrected chi connectivity index (χ2v) is 7.26. The van der Waals surface area contributed by atoms with Crippen LogP contribution in [0.3, 0.4) is 0 Å². The van der Waals surface area contributed by atoms with Gasteiger partial charge in [-0.2, -0.15) is 0 Å². The maximum absolute atomic E-state index is 11.9. The van der Waals surface area contributed by atoms with Crippen molar-refractivity contribution in [3.8, 4) is 0 Å². The molecule has 3 rings (SSSR count). The number of benzene rings is 2. The average molecular weight is 374 g/mol. The van der Waals surface area contributed by atoms with E-state index in [0.717, 1.165) is 39.8 Å². The zero-order chi connectivity index (χ0) is 17.5. The minimum Gasteiger partial charge on any atom is -0.356 e. The first-order valence-electron chi connectivity index (χ1n) is 8.29. The van der Waals surface area contributed by atoms with Gasteiger partial charge in [-0.25, -0.2) is 4.98 Å². The van der Waals surface area contributed by atoms with Crippen LogP contribution in [-0.4, -0.2) is 28.2 Å². The van der Waals surface area contributed by atoms with Gasteiger partial charge < -0.3 is 10.3 Å². The molecule has 0 radical (unpaired) electrons. The Morgan fingerprint density at radius 3 is 2.76 bits per heavy atom. The molecule has 0 aliphatic carbocycles. The summed E-state index contributed by atoms with van der Waals surface area (Å²) in [6.45, 7) is 0.650. The number of halogens is 1. The molecular weight excluding hydrogens is 354 g/mol. The van der Waals surface area contributed by atoms with E-state index in [1.807, 2.05) is 48.5 Å². The van der Waals surface area contributed by atoms with Crippen LogP contribution in [0.1, 0.15) is 18.4 Å². The molecule has 1 amide bonds. The summed E-state index contributed by atoms with van der Waals surface area (Å²) < 4.78 is 0. The molecule has 3 aromatic rings. The first-order chi connectivity index (χ1) is 12.2. The van der Waals surface area contributed by atoms with Crippen LogP contribution in [0.15, 0.2) is 53.7 Å². The first kappa shape index (κ1) is 17.8. The number of hydrogen-bond acceptors (Lipinski definition) is 3. The SMILES string of the molecule is O=C(CCCSc1nc2ccccc2[nH]1)NCCc1ccc(Cl)cc1. The quantitative estimate of drug-likeness (QED) is 0.453. The molecule has 0 saturated carbocycles. The van der Waals surface area contributed by atoms with Gasteiger partial charge in [0.25, 0.3) is 0 Å². The Kier molecular flexibility index (Phi) is 6.36. The first-order valence-corrected chi connectivity index (χ1v) is 9.66. The van der Waals surface area contributed by atoms with Crippen molar-refractivity contribution < 1.29 is 4.79 Å². The predicted octanol–water partition coefficient (Wildman–Crippen LogP) is 4.45. The van der Waals surface area contributed by atoms with Crippen molar-refractivity contribution in [3.63, 3.8) is 0 Å². The normalized spacial score (nSPS) is 10.9. The number of hydrogen-bond donors (Lipinski definition) is 2. The molecule has 1 aromatic heterocycles. The van der Waals surface area contributed by atoms with E-state index in [4.69, 9.17) is 11.6 Å². The van der Waals surface area contributed by atoms with Crippen molar-refractivity contribution in [1.82, 2.24) is 15.3 Å². The minimum absolute atomic E-state index is 0.0965. The summed E-state index contributed by atoms with van der Waals surface area (Å²) in [5.41, 5.74) is 3.19. The van der Waals surface area contributed by atoms with Gasteiger partial charge >= 0.3 is 0 Å². The number of aromatic nitrogens is 2. The topological polar surface area (TPSA) is 57.8 Å². The fourth-order valence-corrected chi connectivity index (χ4v) is 3.44. The minimum atomic E-state index is 0.0965. The van der Waals surface area contributed by atoms with Gasteiger partial charge in [-0.3, -0.25) is 4.79 Å². The number of amides is 1. The van der Waals surface area contributed by atoms with Crippen LogP contribution in [0, 0.1) is 0 Å². The van der Waals surface area contributed by atoms with Gasteiger partial charge in [0.2, 0.25) is 5.91 Å². The number of rotatable bonds is 8. The molecule has 0 atom stereocenters. The number of para-hydroxylation sites is 2. The summed E-state index contributed by atoms with van der Waals surface area (Å²) in [6, 6.07) is 15.7. The van der Waals surface area contributed by atoms with Crippen LogP contribution in [0.5, 0.6) is 0 Å². The van der Waals surface area contributed by atoms with Crippen molar-refractivity contribution in [1.29, 1.82) is 0 Å². The van der Waals surface area contributed by atoms with E-state index in [-0.39, 0.29) is 5.91 Å². The lowest BCUT2D eigenvalue weighted by Gasteiger charge is -2.05. The lowest BCUT2D eigenvalue weighted by Crippen LogP contribution is -2.25. The largest absolute Gasteiger partial charge is 0.356 e. The van der Waals surface area contributed by atoms with Crippen LogP contribution in [0.25, 0.3) is 11.0 Å². The summed E-state index contributed by atoms with van der Waals surface area (Å²) in [6.07, 6.45) is 2.18. The van der Waals surface area contributed by atoms with Gasteiger partial charge in [-0.1, -0.05) is 47.6 Å². The summed E-state index contributed by atoms with van der Waals surface area (Å²) in [5, 5.41) is 4.60.